The molecule has 2 nitrogen and oxygen atoms in total. The van der Waals surface area contributed by atoms with Gasteiger partial charge < -0.3 is 5.11 Å². The van der Waals surface area contributed by atoms with Crippen LogP contribution in [0.1, 0.15) is 30.4 Å². The second-order valence-corrected chi connectivity index (χ2v) is 4.70. The zero-order valence-electron chi connectivity index (χ0n) is 8.89. The van der Waals surface area contributed by atoms with E-state index in [4.69, 9.17) is 11.6 Å². The summed E-state index contributed by atoms with van der Waals surface area (Å²) in [6.07, 6.45) is 1.72. The largest absolute Gasteiger partial charge is 0.481 e. The van der Waals surface area contributed by atoms with Gasteiger partial charge in [0.15, 0.2) is 0 Å². The van der Waals surface area contributed by atoms with E-state index in [1.807, 2.05) is 0 Å². The molecule has 2 rings (SSSR count). The molecule has 0 aliphatic heterocycles. The molecule has 86 valence electrons. The Hall–Kier alpha value is -1.09. The molecule has 1 fully saturated rings. The molecule has 0 amide bonds. The zero-order chi connectivity index (χ0) is 11.9. The van der Waals surface area contributed by atoms with Crippen molar-refractivity contribution >= 4 is 17.6 Å². The average Bonchev–Trinajstić information content (AvgIpc) is 2.15. The molecule has 0 bridgehead atoms. The van der Waals surface area contributed by atoms with Crippen LogP contribution in [-0.4, -0.2) is 11.1 Å². The lowest BCUT2D eigenvalue weighted by Gasteiger charge is -2.39. The number of aryl methyl sites for hydroxylation is 1. The highest BCUT2D eigenvalue weighted by Crippen LogP contribution is 2.47. The number of halogens is 2. The van der Waals surface area contributed by atoms with Gasteiger partial charge in [0.25, 0.3) is 0 Å². The maximum Gasteiger partial charge on any atom is 0.314 e. The second kappa shape index (κ2) is 3.74. The summed E-state index contributed by atoms with van der Waals surface area (Å²) in [7, 11) is 0. The maximum atomic E-state index is 14.0. The number of carboxylic acids is 1. The van der Waals surface area contributed by atoms with E-state index in [2.05, 4.69) is 0 Å². The standard InChI is InChI=1S/C12H12ClFO2/c1-7-3-4-8(13)9(10(7)14)12(11(15)16)5-2-6-12/h3-4H,2,5-6H2,1H3,(H,15,16). The lowest BCUT2D eigenvalue weighted by atomic mass is 9.64. The molecule has 1 saturated carbocycles. The summed E-state index contributed by atoms with van der Waals surface area (Å²) in [4.78, 5) is 11.3. The van der Waals surface area contributed by atoms with E-state index in [0.29, 0.717) is 18.4 Å². The Balaban J connectivity index is 2.63. The van der Waals surface area contributed by atoms with Gasteiger partial charge in [-0.1, -0.05) is 24.1 Å². The normalized spacial score (nSPS) is 17.9. The van der Waals surface area contributed by atoms with Crippen LogP contribution in [0.15, 0.2) is 12.1 Å². The molecule has 1 N–H and O–H groups in total. The molecule has 0 saturated heterocycles. The molecule has 16 heavy (non-hydrogen) atoms. The van der Waals surface area contributed by atoms with E-state index in [0.717, 1.165) is 6.42 Å². The summed E-state index contributed by atoms with van der Waals surface area (Å²) in [6, 6.07) is 3.13. The molecule has 0 aromatic heterocycles. The third-order valence-electron chi connectivity index (χ3n) is 3.38. The smallest absolute Gasteiger partial charge is 0.314 e. The molecule has 0 radical (unpaired) electrons. The van der Waals surface area contributed by atoms with Crippen molar-refractivity contribution in [1.29, 1.82) is 0 Å². The Morgan fingerprint density at radius 3 is 2.56 bits per heavy atom. The molecule has 0 spiro atoms. The van der Waals surface area contributed by atoms with Gasteiger partial charge in [0, 0.05) is 10.6 Å². The van der Waals surface area contributed by atoms with Crippen LogP contribution in [0.25, 0.3) is 0 Å². The maximum absolute atomic E-state index is 14.0. The van der Waals surface area contributed by atoms with Crippen molar-refractivity contribution in [2.45, 2.75) is 31.6 Å². The predicted octanol–water partition coefficient (Wildman–Crippen LogP) is 3.29. The molecule has 0 unspecified atom stereocenters. The minimum Gasteiger partial charge on any atom is -0.481 e. The molecule has 1 aliphatic carbocycles. The minimum atomic E-state index is -1.10. The Bertz CT molecular complexity index is 453. The Kier molecular flexibility index (Phi) is 2.66. The first-order chi connectivity index (χ1) is 7.49. The summed E-state index contributed by atoms with van der Waals surface area (Å²) in [6.45, 7) is 1.61. The molecule has 1 aliphatic rings. The summed E-state index contributed by atoms with van der Waals surface area (Å²) in [5, 5.41) is 9.46. The van der Waals surface area contributed by atoms with Crippen molar-refractivity contribution in [3.8, 4) is 0 Å². The predicted molar refractivity (Wildman–Crippen MR) is 59.3 cm³/mol. The van der Waals surface area contributed by atoms with Crippen LogP contribution in [0.4, 0.5) is 4.39 Å². The van der Waals surface area contributed by atoms with E-state index in [1.165, 1.54) is 0 Å². The van der Waals surface area contributed by atoms with E-state index in [1.54, 1.807) is 19.1 Å². The van der Waals surface area contributed by atoms with E-state index in [9.17, 15) is 14.3 Å². The quantitative estimate of drug-likeness (QED) is 0.864. The van der Waals surface area contributed by atoms with E-state index >= 15 is 0 Å². The zero-order valence-corrected chi connectivity index (χ0v) is 9.64. The van der Waals surface area contributed by atoms with Gasteiger partial charge in [-0.25, -0.2) is 4.39 Å². The van der Waals surface area contributed by atoms with Crippen LogP contribution in [0.5, 0.6) is 0 Å². The van der Waals surface area contributed by atoms with E-state index < -0.39 is 17.2 Å². The minimum absolute atomic E-state index is 0.160. The fourth-order valence-electron chi connectivity index (χ4n) is 2.20. The molecule has 1 aromatic carbocycles. The van der Waals surface area contributed by atoms with Crippen LogP contribution >= 0.6 is 11.6 Å². The number of aliphatic carboxylic acids is 1. The lowest BCUT2D eigenvalue weighted by Crippen LogP contribution is -2.43. The van der Waals surface area contributed by atoms with E-state index in [-0.39, 0.29) is 10.6 Å². The Morgan fingerprint density at radius 1 is 1.50 bits per heavy atom. The van der Waals surface area contributed by atoms with Gasteiger partial charge in [-0.2, -0.15) is 0 Å². The monoisotopic (exact) mass is 242 g/mol. The molecular formula is C12H12ClFO2. The van der Waals surface area contributed by atoms with Crippen molar-refractivity contribution in [3.05, 3.63) is 34.1 Å². The van der Waals surface area contributed by atoms with Crippen molar-refractivity contribution < 1.29 is 14.3 Å². The van der Waals surface area contributed by atoms with Crippen LogP contribution < -0.4 is 0 Å². The number of hydrogen-bond donors (Lipinski definition) is 1. The fraction of sp³-hybridized carbons (Fsp3) is 0.417. The molecule has 4 heteroatoms. The molecule has 0 atom stereocenters. The van der Waals surface area contributed by atoms with Crippen molar-refractivity contribution in [2.24, 2.45) is 0 Å². The summed E-state index contributed by atoms with van der Waals surface area (Å²) >= 11 is 5.94. The number of carboxylic acid groups (broad SMARTS) is 1. The van der Waals surface area contributed by atoms with Crippen LogP contribution in [0.2, 0.25) is 5.02 Å². The molecular weight excluding hydrogens is 231 g/mol. The van der Waals surface area contributed by atoms with Gasteiger partial charge in [-0.05, 0) is 31.4 Å². The first-order valence-corrected chi connectivity index (χ1v) is 5.55. The van der Waals surface area contributed by atoms with Crippen molar-refractivity contribution in [2.75, 3.05) is 0 Å². The van der Waals surface area contributed by atoms with Gasteiger partial charge in [-0.3, -0.25) is 4.79 Å². The van der Waals surface area contributed by atoms with Gasteiger partial charge in [0.05, 0.1) is 5.41 Å². The summed E-state index contributed by atoms with van der Waals surface area (Å²) < 4.78 is 14.0. The fourth-order valence-corrected chi connectivity index (χ4v) is 2.52. The molecule has 1 aromatic rings. The molecule has 0 heterocycles. The topological polar surface area (TPSA) is 37.3 Å². The highest BCUT2D eigenvalue weighted by atomic mass is 35.5. The SMILES string of the molecule is Cc1ccc(Cl)c(C2(C(=O)O)CCC2)c1F. The first kappa shape index (κ1) is 11.4. The van der Waals surface area contributed by atoms with Crippen LogP contribution in [-0.2, 0) is 10.2 Å². The summed E-state index contributed by atoms with van der Waals surface area (Å²) in [5.41, 5.74) is -0.507. The highest BCUT2D eigenvalue weighted by molar-refractivity contribution is 6.31. The van der Waals surface area contributed by atoms with Gasteiger partial charge in [0.1, 0.15) is 5.82 Å². The van der Waals surface area contributed by atoms with Crippen LogP contribution in [0.3, 0.4) is 0 Å². The van der Waals surface area contributed by atoms with Crippen LogP contribution in [0, 0.1) is 12.7 Å². The number of carbonyl (C=O) groups is 1. The number of rotatable bonds is 2. The van der Waals surface area contributed by atoms with Crippen molar-refractivity contribution in [3.63, 3.8) is 0 Å². The third kappa shape index (κ3) is 1.42. The van der Waals surface area contributed by atoms with Gasteiger partial charge >= 0.3 is 5.97 Å². The number of hydrogen-bond acceptors (Lipinski definition) is 1. The first-order valence-electron chi connectivity index (χ1n) is 5.17. The van der Waals surface area contributed by atoms with Crippen molar-refractivity contribution in [1.82, 2.24) is 0 Å². The lowest BCUT2D eigenvalue weighted by molar-refractivity contribution is -0.147. The Labute approximate surface area is 98.0 Å². The number of benzene rings is 1. The highest BCUT2D eigenvalue weighted by Gasteiger charge is 2.49. The second-order valence-electron chi connectivity index (χ2n) is 4.29. The van der Waals surface area contributed by atoms with Gasteiger partial charge in [-0.15, -0.1) is 0 Å². The average molecular weight is 243 g/mol. The Morgan fingerprint density at radius 2 is 2.12 bits per heavy atom. The van der Waals surface area contributed by atoms with Gasteiger partial charge in [0.2, 0.25) is 0 Å². The summed E-state index contributed by atoms with van der Waals surface area (Å²) in [5.74, 6) is -1.46. The third-order valence-corrected chi connectivity index (χ3v) is 3.69.